The minimum Gasteiger partial charge on any atom is -0.377 e. The lowest BCUT2D eigenvalue weighted by Crippen LogP contribution is -2.25. The highest BCUT2D eigenvalue weighted by atomic mass is 32.2. The van der Waals surface area contributed by atoms with Gasteiger partial charge in [0, 0.05) is 18.3 Å². The van der Waals surface area contributed by atoms with Gasteiger partial charge < -0.3 is 10.1 Å². The van der Waals surface area contributed by atoms with E-state index in [9.17, 15) is 8.42 Å². The third-order valence-corrected chi connectivity index (χ3v) is 4.90. The molecule has 112 valence electrons. The van der Waals surface area contributed by atoms with Gasteiger partial charge in [-0.05, 0) is 44.5 Å². The van der Waals surface area contributed by atoms with E-state index in [1.54, 1.807) is 12.1 Å². The average molecular weight is 298 g/mol. The van der Waals surface area contributed by atoms with Crippen LogP contribution < -0.4 is 10.0 Å². The Labute approximate surface area is 120 Å². The molecular weight excluding hydrogens is 276 g/mol. The fraction of sp³-hybridized carbons (Fsp3) is 0.571. The predicted octanol–water partition coefficient (Wildman–Crippen LogP) is 1.89. The monoisotopic (exact) mass is 298 g/mol. The summed E-state index contributed by atoms with van der Waals surface area (Å²) in [7, 11) is -1.46. The lowest BCUT2D eigenvalue weighted by Gasteiger charge is -2.14. The van der Waals surface area contributed by atoms with E-state index in [4.69, 9.17) is 4.74 Å². The van der Waals surface area contributed by atoms with E-state index in [1.165, 1.54) is 0 Å². The zero-order chi connectivity index (χ0) is 14.6. The number of hydrogen-bond acceptors (Lipinski definition) is 4. The van der Waals surface area contributed by atoms with Gasteiger partial charge in [0.15, 0.2) is 0 Å². The molecule has 2 atom stereocenters. The molecule has 1 aromatic rings. The van der Waals surface area contributed by atoms with E-state index in [0.717, 1.165) is 18.4 Å². The SMILES string of the molecule is CNC(C)c1ccc(NS(=O)(=O)CC2CCCO2)cc1. The van der Waals surface area contributed by atoms with Crippen molar-refractivity contribution in [1.29, 1.82) is 0 Å². The number of hydrogen-bond donors (Lipinski definition) is 2. The Morgan fingerprint density at radius 2 is 2.05 bits per heavy atom. The van der Waals surface area contributed by atoms with Crippen LogP contribution in [0.4, 0.5) is 5.69 Å². The van der Waals surface area contributed by atoms with E-state index in [-0.39, 0.29) is 17.9 Å². The second-order valence-corrected chi connectivity index (χ2v) is 6.92. The summed E-state index contributed by atoms with van der Waals surface area (Å²) in [6.45, 7) is 2.72. The number of nitrogens with one attached hydrogen (secondary N) is 2. The average Bonchev–Trinajstić information content (AvgIpc) is 2.90. The van der Waals surface area contributed by atoms with Gasteiger partial charge in [-0.15, -0.1) is 0 Å². The van der Waals surface area contributed by atoms with Gasteiger partial charge >= 0.3 is 0 Å². The molecule has 0 bridgehead atoms. The Morgan fingerprint density at radius 1 is 1.35 bits per heavy atom. The molecule has 2 unspecified atom stereocenters. The van der Waals surface area contributed by atoms with E-state index in [2.05, 4.69) is 17.0 Å². The molecule has 1 saturated heterocycles. The highest BCUT2D eigenvalue weighted by molar-refractivity contribution is 7.92. The maximum absolute atomic E-state index is 12.0. The van der Waals surface area contributed by atoms with Gasteiger partial charge in [0.05, 0.1) is 11.9 Å². The summed E-state index contributed by atoms with van der Waals surface area (Å²) in [5.74, 6) is 0.0294. The van der Waals surface area contributed by atoms with Crippen molar-refractivity contribution in [2.45, 2.75) is 31.9 Å². The molecular formula is C14H22N2O3S. The van der Waals surface area contributed by atoms with Crippen LogP contribution >= 0.6 is 0 Å². The first kappa shape index (κ1) is 15.3. The molecule has 1 aromatic carbocycles. The van der Waals surface area contributed by atoms with Crippen LogP contribution in [0.3, 0.4) is 0 Å². The minimum atomic E-state index is -3.35. The molecule has 2 rings (SSSR count). The number of ether oxygens (including phenoxy) is 1. The molecule has 1 heterocycles. The third-order valence-electron chi connectivity index (χ3n) is 3.55. The van der Waals surface area contributed by atoms with E-state index >= 15 is 0 Å². The normalized spacial score (nSPS) is 20.8. The molecule has 5 nitrogen and oxygen atoms in total. The van der Waals surface area contributed by atoms with Crippen LogP contribution in [0.2, 0.25) is 0 Å². The van der Waals surface area contributed by atoms with Crippen LogP contribution in [0.25, 0.3) is 0 Å². The summed E-state index contributed by atoms with van der Waals surface area (Å²) in [6, 6.07) is 7.66. The van der Waals surface area contributed by atoms with E-state index in [0.29, 0.717) is 12.3 Å². The first-order chi connectivity index (χ1) is 9.50. The summed E-state index contributed by atoms with van der Waals surface area (Å²) in [4.78, 5) is 0. The zero-order valence-electron chi connectivity index (χ0n) is 11.9. The van der Waals surface area contributed by atoms with Gasteiger partial charge in [-0.25, -0.2) is 8.42 Å². The number of benzene rings is 1. The molecule has 0 radical (unpaired) electrons. The topological polar surface area (TPSA) is 67.4 Å². The number of anilines is 1. The minimum absolute atomic E-state index is 0.0294. The summed E-state index contributed by atoms with van der Waals surface area (Å²) in [5.41, 5.74) is 1.71. The van der Waals surface area contributed by atoms with Crippen LogP contribution in [-0.4, -0.2) is 33.9 Å². The van der Waals surface area contributed by atoms with Gasteiger partial charge in [0.1, 0.15) is 0 Å². The maximum atomic E-state index is 12.0. The standard InChI is InChI=1S/C14H22N2O3S/c1-11(15-2)12-5-7-13(8-6-12)16-20(17,18)10-14-4-3-9-19-14/h5-8,11,14-16H,3-4,9-10H2,1-2H3. The Morgan fingerprint density at radius 3 is 2.60 bits per heavy atom. The number of sulfonamides is 1. The molecule has 1 aliphatic heterocycles. The highest BCUT2D eigenvalue weighted by Gasteiger charge is 2.23. The Kier molecular flexibility index (Phi) is 5.01. The predicted molar refractivity (Wildman–Crippen MR) is 80.3 cm³/mol. The molecule has 2 N–H and O–H groups in total. The van der Waals surface area contributed by atoms with Crippen molar-refractivity contribution in [3.05, 3.63) is 29.8 Å². The van der Waals surface area contributed by atoms with Crippen molar-refractivity contribution in [2.75, 3.05) is 24.1 Å². The molecule has 20 heavy (non-hydrogen) atoms. The quantitative estimate of drug-likeness (QED) is 0.841. The Hall–Kier alpha value is -1.11. The fourth-order valence-corrected chi connectivity index (χ4v) is 3.58. The van der Waals surface area contributed by atoms with Crippen molar-refractivity contribution in [1.82, 2.24) is 5.32 Å². The van der Waals surface area contributed by atoms with Crippen LogP contribution in [0.1, 0.15) is 31.4 Å². The summed E-state index contributed by atoms with van der Waals surface area (Å²) >= 11 is 0. The largest absolute Gasteiger partial charge is 0.377 e. The van der Waals surface area contributed by atoms with Crippen LogP contribution in [0.15, 0.2) is 24.3 Å². The molecule has 0 aliphatic carbocycles. The van der Waals surface area contributed by atoms with Crippen molar-refractivity contribution in [3.63, 3.8) is 0 Å². The zero-order valence-corrected chi connectivity index (χ0v) is 12.7. The van der Waals surface area contributed by atoms with Crippen LogP contribution in [-0.2, 0) is 14.8 Å². The fourth-order valence-electron chi connectivity index (χ4n) is 2.25. The van der Waals surface area contributed by atoms with Crippen LogP contribution in [0, 0.1) is 0 Å². The van der Waals surface area contributed by atoms with Gasteiger partial charge in [0.2, 0.25) is 10.0 Å². The maximum Gasteiger partial charge on any atom is 0.235 e. The molecule has 1 fully saturated rings. The van der Waals surface area contributed by atoms with E-state index in [1.807, 2.05) is 19.2 Å². The lowest BCUT2D eigenvalue weighted by molar-refractivity contribution is 0.127. The third kappa shape index (κ3) is 4.19. The molecule has 0 amide bonds. The van der Waals surface area contributed by atoms with Crippen molar-refractivity contribution in [3.8, 4) is 0 Å². The van der Waals surface area contributed by atoms with Crippen LogP contribution in [0.5, 0.6) is 0 Å². The van der Waals surface area contributed by atoms with Gasteiger partial charge in [-0.2, -0.15) is 0 Å². The molecule has 0 aromatic heterocycles. The first-order valence-electron chi connectivity index (χ1n) is 6.89. The first-order valence-corrected chi connectivity index (χ1v) is 8.55. The molecule has 1 aliphatic rings. The summed E-state index contributed by atoms with van der Waals surface area (Å²) in [5, 5.41) is 3.14. The smallest absolute Gasteiger partial charge is 0.235 e. The van der Waals surface area contributed by atoms with Crippen molar-refractivity contribution >= 4 is 15.7 Å². The second-order valence-electron chi connectivity index (χ2n) is 5.15. The molecule has 0 saturated carbocycles. The lowest BCUT2D eigenvalue weighted by atomic mass is 10.1. The van der Waals surface area contributed by atoms with E-state index < -0.39 is 10.0 Å². The molecule has 0 spiro atoms. The van der Waals surface area contributed by atoms with Gasteiger partial charge in [0.25, 0.3) is 0 Å². The number of rotatable bonds is 6. The van der Waals surface area contributed by atoms with Crippen molar-refractivity contribution in [2.24, 2.45) is 0 Å². The summed E-state index contributed by atoms with van der Waals surface area (Å²) < 4.78 is 32.0. The molecule has 6 heteroatoms. The Bertz CT molecular complexity index is 522. The summed E-state index contributed by atoms with van der Waals surface area (Å²) in [6.07, 6.45) is 1.59. The highest BCUT2D eigenvalue weighted by Crippen LogP contribution is 2.18. The van der Waals surface area contributed by atoms with Gasteiger partial charge in [-0.1, -0.05) is 12.1 Å². The Balaban J connectivity index is 1.98. The van der Waals surface area contributed by atoms with Crippen molar-refractivity contribution < 1.29 is 13.2 Å². The second kappa shape index (κ2) is 6.56. The van der Waals surface area contributed by atoms with Gasteiger partial charge in [-0.3, -0.25) is 4.72 Å².